The molecule has 0 aromatic heterocycles. The fraction of sp³-hybridized carbons (Fsp3) is 0.286. The molecule has 2 aliphatic rings. The van der Waals surface area contributed by atoms with E-state index in [0.717, 1.165) is 26.2 Å². The Bertz CT molecular complexity index is 975. The number of hydrogen-bond donors (Lipinski definition) is 2. The van der Waals surface area contributed by atoms with Crippen LogP contribution in [0.15, 0.2) is 53.5 Å². The van der Waals surface area contributed by atoms with Gasteiger partial charge in [-0.05, 0) is 30.3 Å². The van der Waals surface area contributed by atoms with Gasteiger partial charge in [-0.1, -0.05) is 41.4 Å². The van der Waals surface area contributed by atoms with Crippen LogP contribution in [-0.4, -0.2) is 54.9 Å². The van der Waals surface area contributed by atoms with Gasteiger partial charge in [0.15, 0.2) is 0 Å². The topological polar surface area (TPSA) is 77.0 Å². The highest BCUT2D eigenvalue weighted by Gasteiger charge is 2.32. The van der Waals surface area contributed by atoms with Crippen LogP contribution in [0.1, 0.15) is 6.42 Å². The molecule has 0 radical (unpaired) electrons. The number of hydrogen-bond acceptors (Lipinski definition) is 5. The minimum Gasteiger partial charge on any atom is -0.368 e. The zero-order valence-electron chi connectivity index (χ0n) is 16.1. The summed E-state index contributed by atoms with van der Waals surface area (Å²) >= 11 is 11.9. The summed E-state index contributed by atoms with van der Waals surface area (Å²) in [5.74, 6) is -0.0349. The largest absolute Gasteiger partial charge is 0.368 e. The predicted octanol–water partition coefficient (Wildman–Crippen LogP) is 3.00. The fourth-order valence-corrected chi connectivity index (χ4v) is 3.81. The number of carbonyl (C=O) groups is 2. The van der Waals surface area contributed by atoms with Crippen molar-refractivity contribution in [2.75, 3.05) is 36.4 Å². The van der Waals surface area contributed by atoms with Gasteiger partial charge in [-0.2, -0.15) is 0 Å². The minimum absolute atomic E-state index is 0.0421. The molecule has 4 rings (SSSR count). The number of halogens is 2. The standard InChI is InChI=1S/C21H21Cl2N5O2/c22-16-7-6-14(12-17(16)23)24-19(29)13-18-20(30)26-21(25-18)28-10-8-27(9-11-28)15-4-2-1-3-5-15/h1-7,12,18H,8-11,13H2,(H,24,29)(H,25,26,30). The third-order valence-corrected chi connectivity index (χ3v) is 5.84. The number of amides is 2. The molecule has 2 N–H and O–H groups in total. The average Bonchev–Trinajstić information content (AvgIpc) is 3.11. The summed E-state index contributed by atoms with van der Waals surface area (Å²) in [5, 5.41) is 6.30. The molecule has 9 heteroatoms. The maximum Gasteiger partial charge on any atom is 0.252 e. The summed E-state index contributed by atoms with van der Waals surface area (Å²) in [7, 11) is 0. The van der Waals surface area contributed by atoms with Gasteiger partial charge in [-0.15, -0.1) is 0 Å². The third kappa shape index (κ3) is 4.68. The molecule has 2 aromatic carbocycles. The summed E-state index contributed by atoms with van der Waals surface area (Å²) < 4.78 is 0. The van der Waals surface area contributed by atoms with E-state index in [9.17, 15) is 9.59 Å². The molecule has 2 aliphatic heterocycles. The van der Waals surface area contributed by atoms with Crippen molar-refractivity contribution < 1.29 is 9.59 Å². The lowest BCUT2D eigenvalue weighted by Gasteiger charge is -2.36. The van der Waals surface area contributed by atoms with Gasteiger partial charge in [0, 0.05) is 37.6 Å². The van der Waals surface area contributed by atoms with Gasteiger partial charge in [-0.25, -0.2) is 4.99 Å². The summed E-state index contributed by atoms with van der Waals surface area (Å²) in [6, 6.07) is 14.3. The Hall–Kier alpha value is -2.77. The van der Waals surface area contributed by atoms with Crippen molar-refractivity contribution >= 4 is 52.4 Å². The first-order valence-corrected chi connectivity index (χ1v) is 10.4. The number of rotatable bonds is 4. The maximum atomic E-state index is 12.3. The lowest BCUT2D eigenvalue weighted by Crippen LogP contribution is -2.52. The highest BCUT2D eigenvalue weighted by Crippen LogP contribution is 2.25. The van der Waals surface area contributed by atoms with Gasteiger partial charge in [0.25, 0.3) is 5.91 Å². The van der Waals surface area contributed by atoms with E-state index in [1.807, 2.05) is 23.1 Å². The molecule has 0 bridgehead atoms. The Kier molecular flexibility index (Phi) is 6.11. The van der Waals surface area contributed by atoms with Gasteiger partial charge in [0.2, 0.25) is 11.9 Å². The van der Waals surface area contributed by atoms with E-state index in [1.54, 1.807) is 18.2 Å². The first-order chi connectivity index (χ1) is 14.5. The third-order valence-electron chi connectivity index (χ3n) is 5.10. The molecule has 30 heavy (non-hydrogen) atoms. The normalized spacial score (nSPS) is 18.8. The lowest BCUT2D eigenvalue weighted by atomic mass is 10.2. The number of guanidine groups is 1. The van der Waals surface area contributed by atoms with Gasteiger partial charge < -0.3 is 15.1 Å². The van der Waals surface area contributed by atoms with Crippen LogP contribution in [0.3, 0.4) is 0 Å². The molecule has 2 aromatic rings. The Morgan fingerprint density at radius 1 is 1.03 bits per heavy atom. The van der Waals surface area contributed by atoms with E-state index < -0.39 is 6.04 Å². The van der Waals surface area contributed by atoms with E-state index in [-0.39, 0.29) is 18.2 Å². The molecule has 7 nitrogen and oxygen atoms in total. The highest BCUT2D eigenvalue weighted by molar-refractivity contribution is 6.42. The lowest BCUT2D eigenvalue weighted by molar-refractivity contribution is -0.123. The number of carbonyl (C=O) groups excluding carboxylic acids is 2. The first-order valence-electron chi connectivity index (χ1n) is 9.68. The van der Waals surface area contributed by atoms with Crippen molar-refractivity contribution in [2.24, 2.45) is 4.99 Å². The number of aliphatic imine (C=N–C) groups is 1. The number of anilines is 2. The molecule has 2 amide bonds. The van der Waals surface area contributed by atoms with Crippen molar-refractivity contribution in [2.45, 2.75) is 12.5 Å². The van der Waals surface area contributed by atoms with Crippen LogP contribution in [0.4, 0.5) is 11.4 Å². The predicted molar refractivity (Wildman–Crippen MR) is 119 cm³/mol. The van der Waals surface area contributed by atoms with E-state index in [4.69, 9.17) is 23.2 Å². The molecular formula is C21H21Cl2N5O2. The number of piperazine rings is 1. The zero-order chi connectivity index (χ0) is 21.1. The molecule has 0 saturated carbocycles. The van der Waals surface area contributed by atoms with Crippen LogP contribution >= 0.6 is 23.2 Å². The summed E-state index contributed by atoms with van der Waals surface area (Å²) in [6.07, 6.45) is -0.0421. The van der Waals surface area contributed by atoms with E-state index in [0.29, 0.717) is 21.7 Å². The van der Waals surface area contributed by atoms with E-state index in [1.165, 1.54) is 5.69 Å². The van der Waals surface area contributed by atoms with Gasteiger partial charge in [-0.3, -0.25) is 14.9 Å². The summed E-state index contributed by atoms with van der Waals surface area (Å²) in [6.45, 7) is 3.16. The number of benzene rings is 2. The Balaban J connectivity index is 1.32. The molecule has 1 atom stereocenters. The Morgan fingerprint density at radius 3 is 2.43 bits per heavy atom. The summed E-state index contributed by atoms with van der Waals surface area (Å²) in [5.41, 5.74) is 1.71. The van der Waals surface area contributed by atoms with Crippen LogP contribution in [-0.2, 0) is 9.59 Å². The number of para-hydroxylation sites is 1. The SMILES string of the molecule is O=C(CC1N=C(N2CCN(c3ccccc3)CC2)NC1=O)Nc1ccc(Cl)c(Cl)c1. The molecule has 0 aliphatic carbocycles. The molecule has 0 spiro atoms. The molecule has 1 fully saturated rings. The van der Waals surface area contributed by atoms with Crippen LogP contribution < -0.4 is 15.5 Å². The van der Waals surface area contributed by atoms with Crippen molar-refractivity contribution in [3.05, 3.63) is 58.6 Å². The minimum atomic E-state index is -0.741. The van der Waals surface area contributed by atoms with Crippen molar-refractivity contribution in [1.82, 2.24) is 10.2 Å². The maximum absolute atomic E-state index is 12.3. The van der Waals surface area contributed by atoms with Crippen LogP contribution in [0.2, 0.25) is 10.0 Å². The molecule has 2 heterocycles. The Labute approximate surface area is 184 Å². The highest BCUT2D eigenvalue weighted by atomic mass is 35.5. The van der Waals surface area contributed by atoms with Crippen molar-refractivity contribution in [3.63, 3.8) is 0 Å². The van der Waals surface area contributed by atoms with Crippen LogP contribution in [0.25, 0.3) is 0 Å². The second-order valence-corrected chi connectivity index (χ2v) is 7.96. The number of nitrogens with one attached hydrogen (secondary N) is 2. The van der Waals surface area contributed by atoms with E-state index in [2.05, 4.69) is 32.7 Å². The van der Waals surface area contributed by atoms with Gasteiger partial charge in [0.05, 0.1) is 16.5 Å². The monoisotopic (exact) mass is 445 g/mol. The van der Waals surface area contributed by atoms with E-state index >= 15 is 0 Å². The molecule has 1 unspecified atom stereocenters. The zero-order valence-corrected chi connectivity index (χ0v) is 17.7. The van der Waals surface area contributed by atoms with Crippen LogP contribution in [0.5, 0.6) is 0 Å². The quantitative estimate of drug-likeness (QED) is 0.757. The van der Waals surface area contributed by atoms with Gasteiger partial charge in [0.1, 0.15) is 6.04 Å². The second-order valence-electron chi connectivity index (χ2n) is 7.15. The smallest absolute Gasteiger partial charge is 0.252 e. The fourth-order valence-electron chi connectivity index (χ4n) is 3.51. The van der Waals surface area contributed by atoms with Crippen molar-refractivity contribution in [1.29, 1.82) is 0 Å². The summed E-state index contributed by atoms with van der Waals surface area (Å²) in [4.78, 5) is 33.5. The second kappa shape index (κ2) is 8.93. The molecule has 1 saturated heterocycles. The average molecular weight is 446 g/mol. The number of nitrogens with zero attached hydrogens (tertiary/aromatic N) is 3. The molecule has 156 valence electrons. The molecular weight excluding hydrogens is 425 g/mol. The van der Waals surface area contributed by atoms with Crippen LogP contribution in [0, 0.1) is 0 Å². The Morgan fingerprint density at radius 2 is 1.73 bits per heavy atom. The van der Waals surface area contributed by atoms with Crippen molar-refractivity contribution in [3.8, 4) is 0 Å². The van der Waals surface area contributed by atoms with Gasteiger partial charge >= 0.3 is 0 Å². The first kappa shape index (κ1) is 20.5.